The topological polar surface area (TPSA) is 70.4 Å². The van der Waals surface area contributed by atoms with Crippen LogP contribution in [0, 0.1) is 0 Å². The maximum absolute atomic E-state index is 11.7. The fourth-order valence-electron chi connectivity index (χ4n) is 1.85. The molecule has 2 aromatic heterocycles. The SMILES string of the molecule is O=C(NN=Cc1c[nH]c2ccccc12)c1ccc(Br)o1. The van der Waals surface area contributed by atoms with Gasteiger partial charge < -0.3 is 9.40 Å². The molecule has 1 aromatic carbocycles. The molecule has 0 aliphatic rings. The molecule has 0 saturated heterocycles. The molecular weight excluding hydrogens is 322 g/mol. The molecule has 0 unspecified atom stereocenters. The van der Waals surface area contributed by atoms with Crippen LogP contribution < -0.4 is 5.43 Å². The highest BCUT2D eigenvalue weighted by Crippen LogP contribution is 2.16. The quantitative estimate of drug-likeness (QED) is 0.571. The first-order valence-electron chi connectivity index (χ1n) is 5.89. The zero-order valence-corrected chi connectivity index (χ0v) is 11.8. The van der Waals surface area contributed by atoms with E-state index in [1.165, 1.54) is 0 Å². The lowest BCUT2D eigenvalue weighted by molar-refractivity contribution is 0.0926. The van der Waals surface area contributed by atoms with Crippen molar-refractivity contribution < 1.29 is 9.21 Å². The number of halogens is 1. The summed E-state index contributed by atoms with van der Waals surface area (Å²) in [5.41, 5.74) is 4.34. The van der Waals surface area contributed by atoms with Gasteiger partial charge >= 0.3 is 5.91 Å². The molecule has 3 aromatic rings. The number of aromatic nitrogens is 1. The van der Waals surface area contributed by atoms with E-state index in [1.54, 1.807) is 18.3 Å². The number of amides is 1. The van der Waals surface area contributed by atoms with E-state index in [1.807, 2.05) is 30.5 Å². The van der Waals surface area contributed by atoms with Gasteiger partial charge in [-0.3, -0.25) is 4.79 Å². The second-order valence-electron chi connectivity index (χ2n) is 4.09. The molecular formula is C14H10BrN3O2. The largest absolute Gasteiger partial charge is 0.444 e. The van der Waals surface area contributed by atoms with E-state index in [-0.39, 0.29) is 5.76 Å². The van der Waals surface area contributed by atoms with E-state index < -0.39 is 5.91 Å². The Morgan fingerprint density at radius 1 is 1.30 bits per heavy atom. The van der Waals surface area contributed by atoms with Gasteiger partial charge in [0.15, 0.2) is 10.4 Å². The third-order valence-electron chi connectivity index (χ3n) is 2.79. The number of para-hydroxylation sites is 1. The van der Waals surface area contributed by atoms with Gasteiger partial charge in [-0.1, -0.05) is 18.2 Å². The Morgan fingerprint density at radius 2 is 2.15 bits per heavy atom. The second-order valence-corrected chi connectivity index (χ2v) is 4.87. The van der Waals surface area contributed by atoms with Gasteiger partial charge in [0.25, 0.3) is 0 Å². The van der Waals surface area contributed by atoms with Gasteiger partial charge in [0.05, 0.1) is 6.21 Å². The van der Waals surface area contributed by atoms with Crippen LogP contribution in [0.2, 0.25) is 0 Å². The van der Waals surface area contributed by atoms with Gasteiger partial charge in [0.1, 0.15) is 0 Å². The minimum Gasteiger partial charge on any atom is -0.444 e. The summed E-state index contributed by atoms with van der Waals surface area (Å²) < 4.78 is 5.63. The van der Waals surface area contributed by atoms with Crippen molar-refractivity contribution in [2.24, 2.45) is 5.10 Å². The number of rotatable bonds is 3. The minimum atomic E-state index is -0.396. The van der Waals surface area contributed by atoms with Crippen LogP contribution in [0.15, 0.2) is 56.8 Å². The van der Waals surface area contributed by atoms with E-state index in [0.29, 0.717) is 4.67 Å². The van der Waals surface area contributed by atoms with Gasteiger partial charge in [-0.2, -0.15) is 5.10 Å². The number of nitrogens with one attached hydrogen (secondary N) is 2. The van der Waals surface area contributed by atoms with Gasteiger partial charge in [0.2, 0.25) is 0 Å². The fraction of sp³-hybridized carbons (Fsp3) is 0. The van der Waals surface area contributed by atoms with Crippen LogP contribution in [0.3, 0.4) is 0 Å². The second kappa shape index (κ2) is 5.34. The fourth-order valence-corrected chi connectivity index (χ4v) is 2.16. The van der Waals surface area contributed by atoms with Crippen molar-refractivity contribution in [1.82, 2.24) is 10.4 Å². The van der Waals surface area contributed by atoms with E-state index in [4.69, 9.17) is 4.42 Å². The Labute approximate surface area is 122 Å². The molecule has 6 heteroatoms. The van der Waals surface area contributed by atoms with Crippen LogP contribution in [-0.4, -0.2) is 17.1 Å². The molecule has 5 nitrogen and oxygen atoms in total. The molecule has 2 heterocycles. The van der Waals surface area contributed by atoms with Crippen molar-refractivity contribution in [3.8, 4) is 0 Å². The monoisotopic (exact) mass is 331 g/mol. The van der Waals surface area contributed by atoms with Crippen molar-refractivity contribution in [3.05, 3.63) is 58.6 Å². The van der Waals surface area contributed by atoms with Crippen molar-refractivity contribution in [1.29, 1.82) is 0 Å². The maximum Gasteiger partial charge on any atom is 0.307 e. The molecule has 3 rings (SSSR count). The summed E-state index contributed by atoms with van der Waals surface area (Å²) in [5, 5.41) is 4.98. The average molecular weight is 332 g/mol. The lowest BCUT2D eigenvalue weighted by Crippen LogP contribution is -2.16. The first-order chi connectivity index (χ1) is 9.74. The number of carbonyl (C=O) groups is 1. The summed E-state index contributed by atoms with van der Waals surface area (Å²) in [6, 6.07) is 11.1. The van der Waals surface area contributed by atoms with Gasteiger partial charge in [-0.25, -0.2) is 5.43 Å². The minimum absolute atomic E-state index is 0.202. The predicted molar refractivity (Wildman–Crippen MR) is 79.8 cm³/mol. The van der Waals surface area contributed by atoms with Crippen molar-refractivity contribution in [3.63, 3.8) is 0 Å². The molecule has 0 bridgehead atoms. The van der Waals surface area contributed by atoms with Crippen LogP contribution in [0.1, 0.15) is 16.1 Å². The molecule has 0 aliphatic heterocycles. The Bertz CT molecular complexity index is 788. The molecule has 0 radical (unpaired) electrons. The van der Waals surface area contributed by atoms with Crippen LogP contribution in [0.5, 0.6) is 0 Å². The molecule has 2 N–H and O–H groups in total. The van der Waals surface area contributed by atoms with Gasteiger partial charge in [-0.05, 0) is 34.1 Å². The molecule has 0 fully saturated rings. The first kappa shape index (κ1) is 12.7. The molecule has 0 aliphatic carbocycles. The number of nitrogens with zero attached hydrogens (tertiary/aromatic N) is 1. The van der Waals surface area contributed by atoms with Crippen LogP contribution in [-0.2, 0) is 0 Å². The van der Waals surface area contributed by atoms with Crippen LogP contribution >= 0.6 is 15.9 Å². The maximum atomic E-state index is 11.7. The van der Waals surface area contributed by atoms with Crippen molar-refractivity contribution >= 4 is 39.0 Å². The lowest BCUT2D eigenvalue weighted by atomic mass is 10.2. The molecule has 0 spiro atoms. The molecule has 0 atom stereocenters. The lowest BCUT2D eigenvalue weighted by Gasteiger charge is -1.95. The van der Waals surface area contributed by atoms with Gasteiger partial charge in [-0.15, -0.1) is 0 Å². The Morgan fingerprint density at radius 3 is 2.95 bits per heavy atom. The number of benzene rings is 1. The molecule has 100 valence electrons. The number of hydrazone groups is 1. The Kier molecular flexibility index (Phi) is 3.39. The highest BCUT2D eigenvalue weighted by Gasteiger charge is 2.08. The smallest absolute Gasteiger partial charge is 0.307 e. The zero-order valence-electron chi connectivity index (χ0n) is 10.3. The van der Waals surface area contributed by atoms with Crippen molar-refractivity contribution in [2.45, 2.75) is 0 Å². The summed E-state index contributed by atoms with van der Waals surface area (Å²) in [5.74, 6) is -0.195. The zero-order chi connectivity index (χ0) is 13.9. The number of carbonyl (C=O) groups excluding carboxylic acids is 1. The predicted octanol–water partition coefficient (Wildman–Crippen LogP) is 3.29. The number of aromatic amines is 1. The third-order valence-corrected chi connectivity index (χ3v) is 3.21. The van der Waals surface area contributed by atoms with Crippen LogP contribution in [0.4, 0.5) is 0 Å². The van der Waals surface area contributed by atoms with E-state index in [0.717, 1.165) is 16.5 Å². The molecule has 1 amide bonds. The highest BCUT2D eigenvalue weighted by molar-refractivity contribution is 9.10. The van der Waals surface area contributed by atoms with E-state index in [9.17, 15) is 4.79 Å². The van der Waals surface area contributed by atoms with Crippen molar-refractivity contribution in [2.75, 3.05) is 0 Å². The van der Waals surface area contributed by atoms with E-state index >= 15 is 0 Å². The average Bonchev–Trinajstić information content (AvgIpc) is 3.06. The van der Waals surface area contributed by atoms with Gasteiger partial charge in [0, 0.05) is 22.7 Å². The standard InChI is InChI=1S/C14H10BrN3O2/c15-13-6-5-12(20-13)14(19)18-17-8-9-7-16-11-4-2-1-3-10(9)11/h1-8,16H,(H,18,19). The normalized spacial score (nSPS) is 11.2. The first-order valence-corrected chi connectivity index (χ1v) is 6.68. The molecule has 0 saturated carbocycles. The Hall–Kier alpha value is -2.34. The molecule has 20 heavy (non-hydrogen) atoms. The summed E-state index contributed by atoms with van der Waals surface area (Å²) in [4.78, 5) is 14.8. The summed E-state index contributed by atoms with van der Waals surface area (Å²) in [7, 11) is 0. The highest BCUT2D eigenvalue weighted by atomic mass is 79.9. The summed E-state index contributed by atoms with van der Waals surface area (Å²) in [6.45, 7) is 0. The Balaban J connectivity index is 1.73. The number of hydrogen-bond donors (Lipinski definition) is 2. The number of hydrogen-bond acceptors (Lipinski definition) is 3. The summed E-state index contributed by atoms with van der Waals surface area (Å²) >= 11 is 3.14. The number of H-pyrrole nitrogens is 1. The third kappa shape index (κ3) is 2.50. The van der Waals surface area contributed by atoms with E-state index in [2.05, 4.69) is 31.4 Å². The number of furan rings is 1. The number of fused-ring (bicyclic) bond motifs is 1. The summed E-state index contributed by atoms with van der Waals surface area (Å²) in [6.07, 6.45) is 3.43. The van der Waals surface area contributed by atoms with Crippen LogP contribution in [0.25, 0.3) is 10.9 Å².